The third-order valence-corrected chi connectivity index (χ3v) is 5.03. The number of nitrogens with zero attached hydrogens (tertiary/aromatic N) is 2. The largest absolute Gasteiger partial charge is 0.493 e. The molecule has 0 bridgehead atoms. The van der Waals surface area contributed by atoms with E-state index in [0.717, 1.165) is 11.3 Å². The third kappa shape index (κ3) is 5.20. The number of hydrogen-bond donors (Lipinski definition) is 0. The Morgan fingerprint density at radius 1 is 0.853 bits per heavy atom. The van der Waals surface area contributed by atoms with Crippen molar-refractivity contribution in [3.63, 3.8) is 0 Å². The smallest absolute Gasteiger partial charge is 0.306 e. The average Bonchev–Trinajstić information content (AvgIpc) is 3.56. The zero-order valence-corrected chi connectivity index (χ0v) is 19.1. The van der Waals surface area contributed by atoms with Gasteiger partial charge in [-0.1, -0.05) is 30.3 Å². The monoisotopic (exact) mass is 464 g/mol. The minimum Gasteiger partial charge on any atom is -0.493 e. The minimum absolute atomic E-state index is 0.135. The Morgan fingerprint density at radius 3 is 2.26 bits per heavy atom. The van der Waals surface area contributed by atoms with Crippen molar-refractivity contribution in [1.82, 2.24) is 10.2 Å². The molecule has 0 fully saturated rings. The summed E-state index contributed by atoms with van der Waals surface area (Å²) in [6.45, 7) is -0.135. The molecule has 0 unspecified atom stereocenters. The molecule has 0 spiro atoms. The molecular formula is C25H24N2O7. The molecule has 2 heterocycles. The number of aromatic nitrogens is 2. The number of aryl methyl sites for hydroxylation is 1. The van der Waals surface area contributed by atoms with Gasteiger partial charge in [-0.25, -0.2) is 0 Å². The number of esters is 1. The van der Waals surface area contributed by atoms with Crippen LogP contribution in [0.3, 0.4) is 0 Å². The highest BCUT2D eigenvalue weighted by Gasteiger charge is 2.18. The molecule has 0 saturated carbocycles. The van der Waals surface area contributed by atoms with Gasteiger partial charge < -0.3 is 27.8 Å². The molecular weight excluding hydrogens is 440 g/mol. The predicted octanol–water partition coefficient (Wildman–Crippen LogP) is 4.70. The van der Waals surface area contributed by atoms with Gasteiger partial charge in [0.05, 0.1) is 27.8 Å². The van der Waals surface area contributed by atoms with Gasteiger partial charge in [0.25, 0.3) is 5.89 Å². The molecule has 0 radical (unpaired) electrons. The van der Waals surface area contributed by atoms with E-state index in [0.29, 0.717) is 35.0 Å². The van der Waals surface area contributed by atoms with Gasteiger partial charge in [-0.3, -0.25) is 4.79 Å². The number of carbonyl (C=O) groups excluding carboxylic acids is 1. The number of hydrogen-bond acceptors (Lipinski definition) is 9. The van der Waals surface area contributed by atoms with Gasteiger partial charge in [-0.2, -0.15) is 0 Å². The summed E-state index contributed by atoms with van der Waals surface area (Å²) in [7, 11) is 4.56. The molecule has 0 aliphatic carbocycles. The van der Waals surface area contributed by atoms with Crippen molar-refractivity contribution in [2.45, 2.75) is 19.4 Å². The van der Waals surface area contributed by atoms with Crippen molar-refractivity contribution in [1.29, 1.82) is 0 Å². The lowest BCUT2D eigenvalue weighted by molar-refractivity contribution is -0.145. The van der Waals surface area contributed by atoms with Crippen molar-refractivity contribution in [2.75, 3.05) is 21.3 Å². The van der Waals surface area contributed by atoms with Crippen LogP contribution < -0.4 is 14.2 Å². The van der Waals surface area contributed by atoms with Crippen molar-refractivity contribution < 1.29 is 32.6 Å². The minimum atomic E-state index is -0.398. The van der Waals surface area contributed by atoms with Crippen LogP contribution in [0.5, 0.6) is 17.2 Å². The van der Waals surface area contributed by atoms with E-state index in [1.54, 1.807) is 12.1 Å². The first-order valence-electron chi connectivity index (χ1n) is 10.5. The molecule has 0 aliphatic rings. The fourth-order valence-corrected chi connectivity index (χ4v) is 3.34. The number of furan rings is 1. The zero-order chi connectivity index (χ0) is 23.9. The summed E-state index contributed by atoms with van der Waals surface area (Å²) in [4.78, 5) is 12.2. The van der Waals surface area contributed by atoms with E-state index < -0.39 is 5.97 Å². The van der Waals surface area contributed by atoms with Crippen molar-refractivity contribution in [3.05, 3.63) is 66.2 Å². The van der Waals surface area contributed by atoms with E-state index in [1.165, 1.54) is 21.3 Å². The Labute approximate surface area is 196 Å². The van der Waals surface area contributed by atoms with Crippen LogP contribution in [0.2, 0.25) is 0 Å². The zero-order valence-electron chi connectivity index (χ0n) is 19.1. The summed E-state index contributed by atoms with van der Waals surface area (Å²) in [5.74, 6) is 2.83. The molecule has 9 heteroatoms. The maximum absolute atomic E-state index is 12.2. The average molecular weight is 464 g/mol. The van der Waals surface area contributed by atoms with Gasteiger partial charge >= 0.3 is 5.97 Å². The van der Waals surface area contributed by atoms with Gasteiger partial charge in [0, 0.05) is 17.5 Å². The molecule has 4 rings (SSSR count). The fraction of sp³-hybridized carbons (Fsp3) is 0.240. The predicted molar refractivity (Wildman–Crippen MR) is 122 cm³/mol. The van der Waals surface area contributed by atoms with Gasteiger partial charge in [-0.05, 0) is 24.3 Å². The van der Waals surface area contributed by atoms with Crippen LogP contribution in [0.15, 0.2) is 63.4 Å². The Kier molecular flexibility index (Phi) is 7.12. The quantitative estimate of drug-likeness (QED) is 0.309. The Bertz CT molecular complexity index is 1220. The number of rotatable bonds is 10. The molecule has 0 saturated heterocycles. The van der Waals surface area contributed by atoms with Crippen LogP contribution in [-0.4, -0.2) is 37.5 Å². The Morgan fingerprint density at radius 2 is 1.59 bits per heavy atom. The first-order valence-corrected chi connectivity index (χ1v) is 10.5. The van der Waals surface area contributed by atoms with Crippen molar-refractivity contribution in [2.24, 2.45) is 0 Å². The van der Waals surface area contributed by atoms with Gasteiger partial charge in [-0.15, -0.1) is 10.2 Å². The summed E-state index contributed by atoms with van der Waals surface area (Å²) in [5, 5.41) is 7.97. The molecule has 4 aromatic rings. The van der Waals surface area contributed by atoms with Gasteiger partial charge in [0.15, 0.2) is 18.1 Å². The summed E-state index contributed by atoms with van der Waals surface area (Å²) in [6, 6.07) is 16.9. The van der Waals surface area contributed by atoms with Crippen LogP contribution in [0.4, 0.5) is 0 Å². The molecule has 0 aliphatic heterocycles. The lowest BCUT2D eigenvalue weighted by atomic mass is 10.2. The van der Waals surface area contributed by atoms with E-state index in [9.17, 15) is 4.79 Å². The van der Waals surface area contributed by atoms with Crippen molar-refractivity contribution in [3.8, 4) is 40.0 Å². The first-order chi connectivity index (χ1) is 16.6. The molecule has 2 aromatic heterocycles. The second kappa shape index (κ2) is 10.6. The summed E-state index contributed by atoms with van der Waals surface area (Å²) in [6.07, 6.45) is 0.585. The van der Waals surface area contributed by atoms with Crippen LogP contribution in [0, 0.1) is 0 Å². The van der Waals surface area contributed by atoms with Crippen LogP contribution in [0.1, 0.15) is 18.1 Å². The maximum Gasteiger partial charge on any atom is 0.306 e. The standard InChI is InChI=1S/C25H24N2O7/c1-29-20-13-17(14-21(30-2)24(20)31-3)25-27-26-22(34-25)15-32-23(28)12-10-18-9-11-19(33-18)16-7-5-4-6-8-16/h4-9,11,13-14H,10,12,15H2,1-3H3. The summed E-state index contributed by atoms with van der Waals surface area (Å²) < 4.78 is 32.7. The molecule has 34 heavy (non-hydrogen) atoms. The number of ether oxygens (including phenoxy) is 4. The first kappa shape index (κ1) is 22.9. The van der Waals surface area contributed by atoms with E-state index in [1.807, 2.05) is 42.5 Å². The molecule has 0 N–H and O–H groups in total. The lowest BCUT2D eigenvalue weighted by Gasteiger charge is -2.12. The van der Waals surface area contributed by atoms with E-state index in [2.05, 4.69) is 10.2 Å². The van der Waals surface area contributed by atoms with E-state index in [4.69, 9.17) is 27.8 Å². The second-order valence-corrected chi connectivity index (χ2v) is 7.21. The fourth-order valence-electron chi connectivity index (χ4n) is 3.34. The number of methoxy groups -OCH3 is 3. The van der Waals surface area contributed by atoms with E-state index in [-0.39, 0.29) is 24.8 Å². The topological polar surface area (TPSA) is 106 Å². The second-order valence-electron chi connectivity index (χ2n) is 7.21. The maximum atomic E-state index is 12.2. The highest BCUT2D eigenvalue weighted by atomic mass is 16.5. The van der Waals surface area contributed by atoms with Gasteiger partial charge in [0.2, 0.25) is 11.6 Å². The Hall–Kier alpha value is -4.27. The molecule has 176 valence electrons. The number of carbonyl (C=O) groups is 1. The third-order valence-electron chi connectivity index (χ3n) is 5.03. The van der Waals surface area contributed by atoms with Gasteiger partial charge in [0.1, 0.15) is 11.5 Å². The summed E-state index contributed by atoms with van der Waals surface area (Å²) in [5.41, 5.74) is 1.56. The SMILES string of the molecule is COc1cc(-c2nnc(COC(=O)CCc3ccc(-c4ccccc4)o3)o2)cc(OC)c1OC. The van der Waals surface area contributed by atoms with Crippen LogP contribution in [-0.2, 0) is 22.6 Å². The highest BCUT2D eigenvalue weighted by molar-refractivity contribution is 5.69. The molecule has 0 amide bonds. The molecule has 0 atom stereocenters. The van der Waals surface area contributed by atoms with Crippen molar-refractivity contribution >= 4 is 5.97 Å². The molecule has 9 nitrogen and oxygen atoms in total. The van der Waals surface area contributed by atoms with Crippen LogP contribution in [0.25, 0.3) is 22.8 Å². The summed E-state index contributed by atoms with van der Waals surface area (Å²) >= 11 is 0. The Balaban J connectivity index is 1.33. The van der Waals surface area contributed by atoms with Crippen LogP contribution >= 0.6 is 0 Å². The molecule has 2 aromatic carbocycles. The highest BCUT2D eigenvalue weighted by Crippen LogP contribution is 2.40. The lowest BCUT2D eigenvalue weighted by Crippen LogP contribution is -2.05. The number of benzene rings is 2. The van der Waals surface area contributed by atoms with E-state index >= 15 is 0 Å². The normalized spacial score (nSPS) is 10.7.